The van der Waals surface area contributed by atoms with Gasteiger partial charge in [-0.1, -0.05) is 31.5 Å². The number of carboxylic acid groups (broad SMARTS) is 1. The Morgan fingerprint density at radius 3 is 2.53 bits per heavy atom. The maximum atomic E-state index is 12.1. The number of hydrogen-bond donors (Lipinski definition) is 2. The number of rotatable bonds is 5. The van der Waals surface area contributed by atoms with E-state index in [-0.39, 0.29) is 5.92 Å². The first-order valence-corrected chi connectivity index (χ1v) is 6.49. The highest BCUT2D eigenvalue weighted by atomic mass is 35.5. The fourth-order valence-corrected chi connectivity index (χ4v) is 1.96. The highest BCUT2D eigenvalue weighted by Gasteiger charge is 2.22. The third-order valence-electron chi connectivity index (χ3n) is 2.82. The quantitative estimate of drug-likeness (QED) is 0.873. The van der Waals surface area contributed by atoms with Gasteiger partial charge < -0.3 is 10.4 Å². The summed E-state index contributed by atoms with van der Waals surface area (Å²) in [7, 11) is 0. The van der Waals surface area contributed by atoms with E-state index in [0.717, 1.165) is 0 Å². The zero-order valence-corrected chi connectivity index (χ0v) is 12.0. The van der Waals surface area contributed by atoms with Crippen LogP contribution in [0.1, 0.15) is 36.2 Å². The lowest BCUT2D eigenvalue weighted by molar-refractivity contribution is -0.139. The minimum absolute atomic E-state index is 0.182. The van der Waals surface area contributed by atoms with E-state index in [2.05, 4.69) is 5.32 Å². The number of benzene rings is 1. The second-order valence-electron chi connectivity index (χ2n) is 4.91. The normalized spacial score (nSPS) is 12.3. The summed E-state index contributed by atoms with van der Waals surface area (Å²) in [6.45, 7) is 5.55. The van der Waals surface area contributed by atoms with E-state index in [0.29, 0.717) is 22.6 Å². The summed E-state index contributed by atoms with van der Waals surface area (Å²) in [5, 5.41) is 12.1. The second-order valence-corrected chi connectivity index (χ2v) is 5.31. The maximum absolute atomic E-state index is 12.1. The van der Waals surface area contributed by atoms with Crippen molar-refractivity contribution in [2.75, 3.05) is 0 Å². The fraction of sp³-hybridized carbons (Fsp3) is 0.429. The number of amides is 1. The van der Waals surface area contributed by atoms with Crippen LogP contribution in [0, 0.1) is 12.8 Å². The molecule has 0 saturated heterocycles. The van der Waals surface area contributed by atoms with Crippen molar-refractivity contribution in [2.45, 2.75) is 33.2 Å². The van der Waals surface area contributed by atoms with Gasteiger partial charge in [0, 0.05) is 10.6 Å². The molecule has 2 N–H and O–H groups in total. The van der Waals surface area contributed by atoms with Crippen LogP contribution < -0.4 is 5.32 Å². The van der Waals surface area contributed by atoms with Gasteiger partial charge >= 0.3 is 5.97 Å². The largest absolute Gasteiger partial charge is 0.480 e. The molecule has 1 rings (SSSR count). The molecule has 0 heterocycles. The number of halogens is 1. The Bertz CT molecular complexity index is 486. The monoisotopic (exact) mass is 283 g/mol. The molecule has 104 valence electrons. The van der Waals surface area contributed by atoms with Gasteiger partial charge in [-0.05, 0) is 37.0 Å². The molecule has 1 atom stereocenters. The molecule has 0 aliphatic rings. The van der Waals surface area contributed by atoms with Gasteiger partial charge in [0.05, 0.1) is 0 Å². The number of carbonyl (C=O) groups excluding carboxylic acids is 1. The molecule has 0 saturated carbocycles. The van der Waals surface area contributed by atoms with Gasteiger partial charge in [-0.2, -0.15) is 0 Å². The predicted molar refractivity (Wildman–Crippen MR) is 74.5 cm³/mol. The Balaban J connectivity index is 2.88. The van der Waals surface area contributed by atoms with E-state index in [1.165, 1.54) is 0 Å². The molecule has 0 aliphatic carbocycles. The van der Waals surface area contributed by atoms with Crippen LogP contribution in [0.15, 0.2) is 18.2 Å². The van der Waals surface area contributed by atoms with Crippen LogP contribution >= 0.6 is 11.6 Å². The van der Waals surface area contributed by atoms with Crippen LogP contribution in [0.2, 0.25) is 5.02 Å². The van der Waals surface area contributed by atoms with E-state index >= 15 is 0 Å². The molecule has 0 aliphatic heterocycles. The van der Waals surface area contributed by atoms with Crippen LogP contribution in [0.4, 0.5) is 0 Å². The summed E-state index contributed by atoms with van der Waals surface area (Å²) in [5.41, 5.74) is 1.05. The van der Waals surface area contributed by atoms with E-state index in [9.17, 15) is 9.59 Å². The van der Waals surface area contributed by atoms with E-state index in [4.69, 9.17) is 16.7 Å². The molecule has 1 unspecified atom stereocenters. The maximum Gasteiger partial charge on any atom is 0.326 e. The number of aliphatic carboxylic acids is 1. The third kappa shape index (κ3) is 4.24. The summed E-state index contributed by atoms with van der Waals surface area (Å²) < 4.78 is 0. The van der Waals surface area contributed by atoms with Crippen LogP contribution in [0.3, 0.4) is 0 Å². The van der Waals surface area contributed by atoms with Crippen molar-refractivity contribution >= 4 is 23.5 Å². The first-order chi connectivity index (χ1) is 8.82. The molecule has 1 aromatic rings. The summed E-state index contributed by atoms with van der Waals surface area (Å²) in [5.74, 6) is -1.25. The van der Waals surface area contributed by atoms with E-state index in [1.807, 2.05) is 13.8 Å². The van der Waals surface area contributed by atoms with E-state index < -0.39 is 17.9 Å². The van der Waals surface area contributed by atoms with Crippen molar-refractivity contribution in [3.63, 3.8) is 0 Å². The molecule has 5 heteroatoms. The molecule has 0 aromatic heterocycles. The molecule has 0 spiro atoms. The first-order valence-electron chi connectivity index (χ1n) is 6.11. The van der Waals surface area contributed by atoms with Gasteiger partial charge in [0.2, 0.25) is 0 Å². The van der Waals surface area contributed by atoms with Gasteiger partial charge in [-0.15, -0.1) is 0 Å². The zero-order chi connectivity index (χ0) is 14.6. The smallest absolute Gasteiger partial charge is 0.326 e. The van der Waals surface area contributed by atoms with Crippen molar-refractivity contribution in [3.8, 4) is 0 Å². The second kappa shape index (κ2) is 6.57. The number of hydrogen-bond acceptors (Lipinski definition) is 2. The van der Waals surface area contributed by atoms with Crippen molar-refractivity contribution in [2.24, 2.45) is 5.92 Å². The van der Waals surface area contributed by atoms with Gasteiger partial charge in [-0.25, -0.2) is 4.79 Å². The average molecular weight is 284 g/mol. The lowest BCUT2D eigenvalue weighted by Gasteiger charge is -2.17. The Morgan fingerprint density at radius 1 is 1.37 bits per heavy atom. The standard InChI is InChI=1S/C14H18ClNO3/c1-8(2)7-12(14(18)19)16-13(17)10-5-4-6-11(15)9(10)3/h4-6,8,12H,7H2,1-3H3,(H,16,17)(H,18,19). The van der Waals surface area contributed by atoms with Crippen LogP contribution in [0.5, 0.6) is 0 Å². The van der Waals surface area contributed by atoms with Crippen molar-refractivity contribution in [3.05, 3.63) is 34.3 Å². The van der Waals surface area contributed by atoms with Crippen molar-refractivity contribution in [1.82, 2.24) is 5.32 Å². The molecule has 4 nitrogen and oxygen atoms in total. The SMILES string of the molecule is Cc1c(Cl)cccc1C(=O)NC(CC(C)C)C(=O)O. The highest BCUT2D eigenvalue weighted by molar-refractivity contribution is 6.31. The summed E-state index contributed by atoms with van der Waals surface area (Å²) in [4.78, 5) is 23.2. The summed E-state index contributed by atoms with van der Waals surface area (Å²) >= 11 is 5.95. The molecule has 19 heavy (non-hydrogen) atoms. The number of nitrogens with one attached hydrogen (secondary N) is 1. The molecule has 0 bridgehead atoms. The molecule has 1 aromatic carbocycles. The molecule has 1 amide bonds. The Hall–Kier alpha value is -1.55. The van der Waals surface area contributed by atoms with Gasteiger partial charge in [-0.3, -0.25) is 4.79 Å². The Labute approximate surface area is 117 Å². The first kappa shape index (κ1) is 15.5. The highest BCUT2D eigenvalue weighted by Crippen LogP contribution is 2.19. The van der Waals surface area contributed by atoms with Gasteiger partial charge in [0.25, 0.3) is 5.91 Å². The topological polar surface area (TPSA) is 66.4 Å². The Kier molecular flexibility index (Phi) is 5.36. The van der Waals surface area contributed by atoms with Crippen molar-refractivity contribution < 1.29 is 14.7 Å². The van der Waals surface area contributed by atoms with Gasteiger partial charge in [0.15, 0.2) is 0 Å². The number of carboxylic acids is 1. The average Bonchev–Trinajstić information content (AvgIpc) is 2.31. The lowest BCUT2D eigenvalue weighted by Crippen LogP contribution is -2.41. The van der Waals surface area contributed by atoms with E-state index in [1.54, 1.807) is 25.1 Å². The lowest BCUT2D eigenvalue weighted by atomic mass is 10.0. The van der Waals surface area contributed by atoms with Crippen LogP contribution in [0.25, 0.3) is 0 Å². The molecular formula is C14H18ClNO3. The predicted octanol–water partition coefficient (Wildman–Crippen LogP) is 2.88. The van der Waals surface area contributed by atoms with Crippen LogP contribution in [-0.4, -0.2) is 23.0 Å². The van der Waals surface area contributed by atoms with Crippen molar-refractivity contribution in [1.29, 1.82) is 0 Å². The molecule has 0 radical (unpaired) electrons. The molecule has 0 fully saturated rings. The zero-order valence-electron chi connectivity index (χ0n) is 11.2. The molecular weight excluding hydrogens is 266 g/mol. The third-order valence-corrected chi connectivity index (χ3v) is 3.23. The summed E-state index contributed by atoms with van der Waals surface area (Å²) in [6, 6.07) is 4.11. The fourth-order valence-electron chi connectivity index (χ4n) is 1.78. The van der Waals surface area contributed by atoms with Crippen LogP contribution in [-0.2, 0) is 4.79 Å². The summed E-state index contributed by atoms with van der Waals surface area (Å²) in [6.07, 6.45) is 0.390. The Morgan fingerprint density at radius 2 is 2.00 bits per heavy atom. The minimum Gasteiger partial charge on any atom is -0.480 e. The van der Waals surface area contributed by atoms with Gasteiger partial charge in [0.1, 0.15) is 6.04 Å². The number of carbonyl (C=O) groups is 2. The minimum atomic E-state index is -1.03.